The summed E-state index contributed by atoms with van der Waals surface area (Å²) in [5.41, 5.74) is 2.25. The van der Waals surface area contributed by atoms with E-state index in [0.717, 1.165) is 24.8 Å². The van der Waals surface area contributed by atoms with Crippen LogP contribution in [0.2, 0.25) is 0 Å². The van der Waals surface area contributed by atoms with Gasteiger partial charge in [0.2, 0.25) is 0 Å². The predicted octanol–water partition coefficient (Wildman–Crippen LogP) is 4.89. The first-order valence-corrected chi connectivity index (χ1v) is 8.72. The van der Waals surface area contributed by atoms with Gasteiger partial charge in [-0.25, -0.2) is 0 Å². The van der Waals surface area contributed by atoms with Gasteiger partial charge in [0.15, 0.2) is 17.3 Å². The van der Waals surface area contributed by atoms with Crippen LogP contribution in [0.5, 0.6) is 11.5 Å². The number of carbonyl (C=O) groups excluding carboxylic acids is 1. The number of Topliss-reactive ketones (excluding diaryl/α,β-unsaturated/α-hetero) is 1. The zero-order valence-electron chi connectivity index (χ0n) is 14.9. The van der Waals surface area contributed by atoms with Crippen molar-refractivity contribution in [3.63, 3.8) is 0 Å². The number of ketones is 1. The van der Waals surface area contributed by atoms with Gasteiger partial charge >= 0.3 is 0 Å². The van der Waals surface area contributed by atoms with E-state index >= 15 is 0 Å². The third kappa shape index (κ3) is 2.20. The van der Waals surface area contributed by atoms with Gasteiger partial charge in [-0.1, -0.05) is 41.0 Å². The van der Waals surface area contributed by atoms with Crippen LogP contribution in [-0.4, -0.2) is 16.0 Å². The van der Waals surface area contributed by atoms with E-state index in [1.165, 1.54) is 0 Å². The van der Waals surface area contributed by atoms with E-state index in [9.17, 15) is 15.0 Å². The van der Waals surface area contributed by atoms with Gasteiger partial charge < -0.3 is 10.2 Å². The Kier molecular flexibility index (Phi) is 3.55. The van der Waals surface area contributed by atoms with Crippen LogP contribution < -0.4 is 0 Å². The van der Waals surface area contributed by atoms with Gasteiger partial charge in [0.1, 0.15) is 0 Å². The number of hydrogen-bond acceptors (Lipinski definition) is 3. The maximum Gasteiger partial charge on any atom is 0.163 e. The Hall–Kier alpha value is -1.51. The summed E-state index contributed by atoms with van der Waals surface area (Å²) in [5.74, 6) is 0.190. The average Bonchev–Trinajstić information content (AvgIpc) is 2.43. The van der Waals surface area contributed by atoms with Crippen LogP contribution in [-0.2, 0) is 5.41 Å². The Balaban J connectivity index is 2.31. The summed E-state index contributed by atoms with van der Waals surface area (Å²) in [5, 5.41) is 20.6. The molecule has 0 radical (unpaired) electrons. The van der Waals surface area contributed by atoms with Crippen LogP contribution in [0.1, 0.15) is 87.7 Å². The number of aromatic hydroxyl groups is 2. The Bertz CT molecular complexity index is 672. The Morgan fingerprint density at radius 1 is 1.17 bits per heavy atom. The van der Waals surface area contributed by atoms with Crippen molar-refractivity contribution < 1.29 is 15.0 Å². The minimum Gasteiger partial charge on any atom is -0.504 e. The first-order valence-electron chi connectivity index (χ1n) is 8.72. The maximum absolute atomic E-state index is 13.0. The molecule has 0 aromatic heterocycles. The molecule has 0 saturated heterocycles. The Morgan fingerprint density at radius 3 is 2.43 bits per heavy atom. The molecule has 2 N–H and O–H groups in total. The lowest BCUT2D eigenvalue weighted by Gasteiger charge is -2.54. The molecule has 23 heavy (non-hydrogen) atoms. The molecule has 1 fully saturated rings. The highest BCUT2D eigenvalue weighted by atomic mass is 16.3. The third-order valence-electron chi connectivity index (χ3n) is 6.41. The maximum atomic E-state index is 13.0. The molecule has 3 nitrogen and oxygen atoms in total. The monoisotopic (exact) mass is 316 g/mol. The fourth-order valence-electron chi connectivity index (χ4n) is 5.23. The standard InChI is InChI=1S/C20H28O3/c1-11(2)16-17-12(9-14(22)18(16)23)20(5)8-6-7-19(3,4)15(20)10-13(17)21/h9,11,15,22-23H,6-8,10H2,1-5H3. The van der Waals surface area contributed by atoms with Crippen molar-refractivity contribution >= 4 is 5.78 Å². The number of hydrogen-bond donors (Lipinski definition) is 2. The highest BCUT2D eigenvalue weighted by Gasteiger charge is 2.52. The van der Waals surface area contributed by atoms with E-state index in [4.69, 9.17) is 0 Å². The lowest BCUT2D eigenvalue weighted by atomic mass is 9.50. The number of benzene rings is 1. The molecular formula is C20H28O3. The van der Waals surface area contributed by atoms with Crippen molar-refractivity contribution in [2.75, 3.05) is 0 Å². The van der Waals surface area contributed by atoms with Gasteiger partial charge in [-0.3, -0.25) is 4.79 Å². The van der Waals surface area contributed by atoms with Crippen molar-refractivity contribution in [2.45, 2.75) is 71.6 Å². The molecule has 0 spiro atoms. The molecule has 2 aliphatic rings. The summed E-state index contributed by atoms with van der Waals surface area (Å²) in [6, 6.07) is 1.65. The lowest BCUT2D eigenvalue weighted by molar-refractivity contribution is 0.0365. The minimum absolute atomic E-state index is 0.00319. The second kappa shape index (κ2) is 4.99. The number of fused-ring (bicyclic) bond motifs is 3. The smallest absolute Gasteiger partial charge is 0.163 e. The lowest BCUT2D eigenvalue weighted by Crippen LogP contribution is -2.49. The summed E-state index contributed by atoms with van der Waals surface area (Å²) in [6.45, 7) is 10.7. The van der Waals surface area contributed by atoms with Crippen molar-refractivity contribution in [3.8, 4) is 11.5 Å². The topological polar surface area (TPSA) is 57.5 Å². The summed E-state index contributed by atoms with van der Waals surface area (Å²) in [7, 11) is 0. The predicted molar refractivity (Wildman–Crippen MR) is 91.3 cm³/mol. The SMILES string of the molecule is CC(C)c1c(O)c(O)cc2c1C(=O)CC1C(C)(C)CCCC21C. The van der Waals surface area contributed by atoms with Gasteiger partial charge in [-0.2, -0.15) is 0 Å². The molecule has 1 saturated carbocycles. The van der Waals surface area contributed by atoms with Gasteiger partial charge in [-0.15, -0.1) is 0 Å². The molecule has 3 rings (SSSR count). The third-order valence-corrected chi connectivity index (χ3v) is 6.41. The second-order valence-electron chi connectivity index (χ2n) is 8.67. The van der Waals surface area contributed by atoms with E-state index < -0.39 is 0 Å². The van der Waals surface area contributed by atoms with Crippen molar-refractivity contribution in [3.05, 3.63) is 22.8 Å². The molecule has 0 bridgehead atoms. The van der Waals surface area contributed by atoms with Crippen molar-refractivity contribution in [2.24, 2.45) is 11.3 Å². The van der Waals surface area contributed by atoms with Gasteiger partial charge in [0.25, 0.3) is 0 Å². The van der Waals surface area contributed by atoms with E-state index in [2.05, 4.69) is 20.8 Å². The number of rotatable bonds is 1. The molecule has 2 atom stereocenters. The zero-order chi connectivity index (χ0) is 17.2. The molecule has 2 aliphatic carbocycles. The number of phenols is 2. The second-order valence-corrected chi connectivity index (χ2v) is 8.67. The summed E-state index contributed by atoms with van der Waals surface area (Å²) < 4.78 is 0. The van der Waals surface area contributed by atoms with Gasteiger partial charge in [0.05, 0.1) is 0 Å². The van der Waals surface area contributed by atoms with Crippen molar-refractivity contribution in [1.82, 2.24) is 0 Å². The number of phenolic OH excluding ortho intramolecular Hbond substituents is 2. The zero-order valence-corrected chi connectivity index (χ0v) is 14.9. The van der Waals surface area contributed by atoms with E-state index in [1.54, 1.807) is 6.07 Å². The van der Waals surface area contributed by atoms with Gasteiger partial charge in [0, 0.05) is 17.5 Å². The Labute approximate surface area is 138 Å². The first-order chi connectivity index (χ1) is 10.6. The molecular weight excluding hydrogens is 288 g/mol. The van der Waals surface area contributed by atoms with Crippen LogP contribution >= 0.6 is 0 Å². The van der Waals surface area contributed by atoms with E-state index in [-0.39, 0.29) is 39.9 Å². The number of carbonyl (C=O) groups is 1. The summed E-state index contributed by atoms with van der Waals surface area (Å²) >= 11 is 0. The molecule has 0 amide bonds. The first kappa shape index (κ1) is 16.4. The quantitative estimate of drug-likeness (QED) is 0.725. The average molecular weight is 316 g/mol. The molecule has 2 unspecified atom stereocenters. The highest BCUT2D eigenvalue weighted by Crippen LogP contribution is 2.59. The van der Waals surface area contributed by atoms with Crippen LogP contribution in [0.25, 0.3) is 0 Å². The van der Waals surface area contributed by atoms with Crippen LogP contribution in [0, 0.1) is 11.3 Å². The fraction of sp³-hybridized carbons (Fsp3) is 0.650. The minimum atomic E-state index is -0.121. The van der Waals surface area contributed by atoms with Gasteiger partial charge in [-0.05, 0) is 47.1 Å². The molecule has 0 aliphatic heterocycles. The molecule has 3 heteroatoms. The molecule has 1 aromatic rings. The van der Waals surface area contributed by atoms with Crippen LogP contribution in [0.15, 0.2) is 6.07 Å². The van der Waals surface area contributed by atoms with Crippen molar-refractivity contribution in [1.29, 1.82) is 0 Å². The Morgan fingerprint density at radius 2 is 1.83 bits per heavy atom. The molecule has 1 aromatic carbocycles. The molecule has 0 heterocycles. The van der Waals surface area contributed by atoms with E-state index in [0.29, 0.717) is 17.5 Å². The molecule has 126 valence electrons. The van der Waals surface area contributed by atoms with Crippen LogP contribution in [0.3, 0.4) is 0 Å². The summed E-state index contributed by atoms with van der Waals surface area (Å²) in [6.07, 6.45) is 3.84. The van der Waals surface area contributed by atoms with E-state index in [1.807, 2.05) is 13.8 Å². The summed E-state index contributed by atoms with van der Waals surface area (Å²) in [4.78, 5) is 13.0. The largest absolute Gasteiger partial charge is 0.504 e. The van der Waals surface area contributed by atoms with Crippen LogP contribution in [0.4, 0.5) is 0 Å². The fourth-order valence-corrected chi connectivity index (χ4v) is 5.23. The highest BCUT2D eigenvalue weighted by molar-refractivity contribution is 6.02. The normalized spacial score (nSPS) is 29.3.